The predicted molar refractivity (Wildman–Crippen MR) is 62.9 cm³/mol. The van der Waals surface area contributed by atoms with Crippen molar-refractivity contribution in [1.29, 1.82) is 0 Å². The van der Waals surface area contributed by atoms with E-state index in [1.54, 1.807) is 31.2 Å². The van der Waals surface area contributed by atoms with E-state index in [0.29, 0.717) is 17.4 Å². The molecular weight excluding hydrogens is 242 g/mol. The van der Waals surface area contributed by atoms with Gasteiger partial charge in [0.05, 0.1) is 6.61 Å². The Balaban J connectivity index is 2.36. The summed E-state index contributed by atoms with van der Waals surface area (Å²) in [6, 6.07) is 6.94. The summed E-state index contributed by atoms with van der Waals surface area (Å²) in [4.78, 5) is 15.5. The fourth-order valence-electron chi connectivity index (χ4n) is 1.40. The second-order valence-electron chi connectivity index (χ2n) is 3.26. The summed E-state index contributed by atoms with van der Waals surface area (Å²) < 4.78 is 10.1. The van der Waals surface area contributed by atoms with E-state index < -0.39 is 5.97 Å². The van der Waals surface area contributed by atoms with E-state index in [-0.39, 0.29) is 5.69 Å². The molecule has 1 aromatic carbocycles. The van der Waals surface area contributed by atoms with Gasteiger partial charge in [-0.3, -0.25) is 0 Å². The molecule has 0 N–H and O–H groups in total. The molecule has 88 valence electrons. The van der Waals surface area contributed by atoms with Crippen molar-refractivity contribution in [3.63, 3.8) is 0 Å². The maximum absolute atomic E-state index is 11.6. The Labute approximate surface area is 103 Å². The number of ether oxygens (including phenoxy) is 1. The van der Waals surface area contributed by atoms with Crippen molar-refractivity contribution in [2.75, 3.05) is 6.61 Å². The molecule has 4 nitrogen and oxygen atoms in total. The molecule has 0 aliphatic heterocycles. The Morgan fingerprint density at radius 1 is 1.41 bits per heavy atom. The minimum Gasteiger partial charge on any atom is -0.461 e. The van der Waals surface area contributed by atoms with Crippen LogP contribution in [0.3, 0.4) is 0 Å². The number of esters is 1. The van der Waals surface area contributed by atoms with Crippen LogP contribution in [0.1, 0.15) is 17.4 Å². The quantitative estimate of drug-likeness (QED) is 0.787. The molecular formula is C12H10ClNO3. The van der Waals surface area contributed by atoms with Gasteiger partial charge in [-0.05, 0) is 31.2 Å². The van der Waals surface area contributed by atoms with E-state index in [2.05, 4.69) is 4.98 Å². The van der Waals surface area contributed by atoms with E-state index in [4.69, 9.17) is 20.8 Å². The topological polar surface area (TPSA) is 52.3 Å². The van der Waals surface area contributed by atoms with Crippen LogP contribution in [0.15, 0.2) is 35.1 Å². The molecule has 0 spiro atoms. The van der Waals surface area contributed by atoms with Crippen molar-refractivity contribution in [2.24, 2.45) is 0 Å². The average Bonchev–Trinajstić information content (AvgIpc) is 2.79. The van der Waals surface area contributed by atoms with Gasteiger partial charge in [0.25, 0.3) is 0 Å². The molecule has 2 rings (SSSR count). The SMILES string of the molecule is CCOC(=O)c1ncoc1-c1ccc(Cl)cc1. The van der Waals surface area contributed by atoms with Crippen LogP contribution in [0.5, 0.6) is 0 Å². The lowest BCUT2D eigenvalue weighted by molar-refractivity contribution is 0.0520. The molecule has 0 unspecified atom stereocenters. The first-order chi connectivity index (χ1) is 8.22. The average molecular weight is 252 g/mol. The molecule has 1 aromatic heterocycles. The monoisotopic (exact) mass is 251 g/mol. The molecule has 0 saturated carbocycles. The van der Waals surface area contributed by atoms with Crippen LogP contribution in [-0.2, 0) is 4.74 Å². The highest BCUT2D eigenvalue weighted by Crippen LogP contribution is 2.25. The van der Waals surface area contributed by atoms with Crippen LogP contribution < -0.4 is 0 Å². The zero-order valence-electron chi connectivity index (χ0n) is 9.14. The van der Waals surface area contributed by atoms with Gasteiger partial charge < -0.3 is 9.15 Å². The van der Waals surface area contributed by atoms with Crippen molar-refractivity contribution in [2.45, 2.75) is 6.92 Å². The van der Waals surface area contributed by atoms with Gasteiger partial charge in [0.1, 0.15) is 0 Å². The first kappa shape index (κ1) is 11.7. The summed E-state index contributed by atoms with van der Waals surface area (Å²) in [7, 11) is 0. The predicted octanol–water partition coefficient (Wildman–Crippen LogP) is 3.17. The molecule has 2 aromatic rings. The fraction of sp³-hybridized carbons (Fsp3) is 0.167. The first-order valence-electron chi connectivity index (χ1n) is 5.09. The highest BCUT2D eigenvalue weighted by atomic mass is 35.5. The van der Waals surface area contributed by atoms with Gasteiger partial charge in [0.15, 0.2) is 17.8 Å². The largest absolute Gasteiger partial charge is 0.461 e. The Hall–Kier alpha value is -1.81. The molecule has 17 heavy (non-hydrogen) atoms. The number of rotatable bonds is 3. The zero-order valence-corrected chi connectivity index (χ0v) is 9.90. The Morgan fingerprint density at radius 2 is 2.12 bits per heavy atom. The molecule has 1 heterocycles. The number of carbonyl (C=O) groups excluding carboxylic acids is 1. The van der Waals surface area contributed by atoms with Crippen LogP contribution in [0.2, 0.25) is 5.02 Å². The minimum absolute atomic E-state index is 0.175. The van der Waals surface area contributed by atoms with Crippen LogP contribution in [0.25, 0.3) is 11.3 Å². The van der Waals surface area contributed by atoms with E-state index in [1.807, 2.05) is 0 Å². The van der Waals surface area contributed by atoms with E-state index in [1.165, 1.54) is 6.39 Å². The number of hydrogen-bond acceptors (Lipinski definition) is 4. The molecule has 5 heteroatoms. The summed E-state index contributed by atoms with van der Waals surface area (Å²) in [5.74, 6) is -0.105. The summed E-state index contributed by atoms with van der Waals surface area (Å²) in [5, 5.41) is 0.617. The van der Waals surface area contributed by atoms with Crippen molar-refractivity contribution >= 4 is 17.6 Å². The third kappa shape index (κ3) is 2.47. The fourth-order valence-corrected chi connectivity index (χ4v) is 1.52. The minimum atomic E-state index is -0.494. The first-order valence-corrected chi connectivity index (χ1v) is 5.46. The molecule has 0 amide bonds. The van der Waals surface area contributed by atoms with Gasteiger partial charge in [0, 0.05) is 10.6 Å². The Kier molecular flexibility index (Phi) is 3.44. The maximum atomic E-state index is 11.6. The van der Waals surface area contributed by atoms with Crippen LogP contribution >= 0.6 is 11.6 Å². The van der Waals surface area contributed by atoms with Gasteiger partial charge in [-0.25, -0.2) is 9.78 Å². The van der Waals surface area contributed by atoms with Crippen LogP contribution in [-0.4, -0.2) is 17.6 Å². The number of benzene rings is 1. The van der Waals surface area contributed by atoms with E-state index in [9.17, 15) is 4.79 Å². The molecule has 0 bridgehead atoms. The van der Waals surface area contributed by atoms with Gasteiger partial charge in [-0.2, -0.15) is 0 Å². The third-order valence-electron chi connectivity index (χ3n) is 2.14. The van der Waals surface area contributed by atoms with Gasteiger partial charge in [-0.1, -0.05) is 11.6 Å². The molecule has 0 atom stereocenters. The highest BCUT2D eigenvalue weighted by Gasteiger charge is 2.18. The van der Waals surface area contributed by atoms with Gasteiger partial charge >= 0.3 is 5.97 Å². The summed E-state index contributed by atoms with van der Waals surface area (Å²) in [6.45, 7) is 2.03. The third-order valence-corrected chi connectivity index (χ3v) is 2.39. The highest BCUT2D eigenvalue weighted by molar-refractivity contribution is 6.30. The number of hydrogen-bond donors (Lipinski definition) is 0. The summed E-state index contributed by atoms with van der Waals surface area (Å²) in [6.07, 6.45) is 1.22. The second kappa shape index (κ2) is 5.01. The zero-order chi connectivity index (χ0) is 12.3. The standard InChI is InChI=1S/C12H10ClNO3/c1-2-16-12(15)10-11(17-7-14-10)8-3-5-9(13)6-4-8/h3-7H,2H2,1H3. The smallest absolute Gasteiger partial charge is 0.360 e. The summed E-state index contributed by atoms with van der Waals surface area (Å²) >= 11 is 5.79. The molecule has 0 saturated heterocycles. The maximum Gasteiger partial charge on any atom is 0.360 e. The van der Waals surface area contributed by atoms with Crippen LogP contribution in [0.4, 0.5) is 0 Å². The lowest BCUT2D eigenvalue weighted by atomic mass is 10.1. The summed E-state index contributed by atoms with van der Waals surface area (Å²) in [5.41, 5.74) is 0.907. The molecule has 0 aliphatic carbocycles. The van der Waals surface area contributed by atoms with Gasteiger partial charge in [-0.15, -0.1) is 0 Å². The number of halogens is 1. The Morgan fingerprint density at radius 3 is 2.76 bits per heavy atom. The molecule has 0 aliphatic rings. The second-order valence-corrected chi connectivity index (χ2v) is 3.69. The number of carbonyl (C=O) groups is 1. The van der Waals surface area contributed by atoms with Crippen molar-refractivity contribution < 1.29 is 13.9 Å². The molecule has 0 radical (unpaired) electrons. The normalized spacial score (nSPS) is 10.2. The van der Waals surface area contributed by atoms with Crippen molar-refractivity contribution in [1.82, 2.24) is 4.98 Å². The van der Waals surface area contributed by atoms with E-state index in [0.717, 1.165) is 5.56 Å². The number of oxazole rings is 1. The van der Waals surface area contributed by atoms with Crippen molar-refractivity contribution in [3.8, 4) is 11.3 Å². The van der Waals surface area contributed by atoms with Gasteiger partial charge in [0.2, 0.25) is 0 Å². The number of nitrogens with zero attached hydrogens (tertiary/aromatic N) is 1. The van der Waals surface area contributed by atoms with E-state index >= 15 is 0 Å². The van der Waals surface area contributed by atoms with Crippen LogP contribution in [0, 0.1) is 0 Å². The molecule has 0 fully saturated rings. The lowest BCUT2D eigenvalue weighted by Gasteiger charge is -2.01. The van der Waals surface area contributed by atoms with Crippen molar-refractivity contribution in [3.05, 3.63) is 41.4 Å². The number of aromatic nitrogens is 1. The lowest BCUT2D eigenvalue weighted by Crippen LogP contribution is -2.06. The Bertz CT molecular complexity index is 519.